The van der Waals surface area contributed by atoms with E-state index in [4.69, 9.17) is 9.47 Å². The SMILES string of the molecule is CC(C)[C@@H]1CC[C@]2(COC3CCCCO3)CCC3[C@H](CC[C@@H]4[C@@]5(C)C=C(C=O)C(=O)C(C)(C)[C@@H]5CC[C@@]34C)[C@@H]12. The van der Waals surface area contributed by atoms with Crippen LogP contribution in [0.1, 0.15) is 112 Å². The van der Waals surface area contributed by atoms with Gasteiger partial charge in [-0.05, 0) is 128 Å². The van der Waals surface area contributed by atoms with Gasteiger partial charge in [-0.2, -0.15) is 0 Å². The highest BCUT2D eigenvalue weighted by Crippen LogP contribution is 2.73. The Kier molecular flexibility index (Phi) is 7.06. The molecule has 5 fully saturated rings. The molecule has 0 aromatic heterocycles. The van der Waals surface area contributed by atoms with Crippen LogP contribution in [0.15, 0.2) is 11.6 Å². The van der Waals surface area contributed by atoms with Crippen LogP contribution >= 0.6 is 0 Å². The van der Waals surface area contributed by atoms with E-state index in [0.29, 0.717) is 28.7 Å². The van der Waals surface area contributed by atoms with E-state index in [9.17, 15) is 9.59 Å². The van der Waals surface area contributed by atoms with E-state index in [1.165, 1.54) is 57.8 Å². The van der Waals surface area contributed by atoms with Crippen molar-refractivity contribution in [1.29, 1.82) is 0 Å². The third-order valence-corrected chi connectivity index (χ3v) is 13.8. The summed E-state index contributed by atoms with van der Waals surface area (Å²) in [6, 6.07) is 0. The number of carbonyl (C=O) groups excluding carboxylic acids is 2. The van der Waals surface area contributed by atoms with Crippen molar-refractivity contribution >= 4 is 12.1 Å². The summed E-state index contributed by atoms with van der Waals surface area (Å²) in [4.78, 5) is 25.3. The summed E-state index contributed by atoms with van der Waals surface area (Å²) in [5, 5.41) is 0. The molecule has 1 aliphatic heterocycles. The number of rotatable bonds is 5. The van der Waals surface area contributed by atoms with Gasteiger partial charge in [0.2, 0.25) is 0 Å². The average Bonchev–Trinajstić information content (AvgIpc) is 3.31. The number of hydrogen-bond acceptors (Lipinski definition) is 4. The molecule has 0 bridgehead atoms. The van der Waals surface area contributed by atoms with Crippen LogP contribution in [-0.4, -0.2) is 31.6 Å². The first-order valence-electron chi connectivity index (χ1n) is 16.4. The summed E-state index contributed by atoms with van der Waals surface area (Å²) in [6.07, 6.45) is 16.5. The van der Waals surface area contributed by atoms with Gasteiger partial charge in [0.15, 0.2) is 18.4 Å². The van der Waals surface area contributed by atoms with Crippen molar-refractivity contribution in [2.45, 2.75) is 118 Å². The molecule has 0 spiro atoms. The summed E-state index contributed by atoms with van der Waals surface area (Å²) in [5.74, 6) is 4.64. The molecular weight excluding hydrogens is 484 g/mol. The predicted octanol–water partition coefficient (Wildman–Crippen LogP) is 7.79. The second-order valence-corrected chi connectivity index (χ2v) is 16.1. The molecule has 218 valence electrons. The number of ether oxygens (including phenoxy) is 2. The first-order chi connectivity index (χ1) is 18.5. The van der Waals surface area contributed by atoms with Crippen molar-refractivity contribution < 1.29 is 19.1 Å². The molecule has 0 radical (unpaired) electrons. The van der Waals surface area contributed by atoms with Gasteiger partial charge in [-0.25, -0.2) is 0 Å². The van der Waals surface area contributed by atoms with Gasteiger partial charge < -0.3 is 9.47 Å². The molecule has 0 amide bonds. The standard InChI is InChI=1S/C35H54O4/c1-22(2)24-12-16-35(21-39-29-9-7-8-18-38-29)17-13-26-25(30(24)35)10-11-28-33(26,5)15-14-27-32(3,4)31(37)23(20-36)19-34(27,28)6/h19-20,22,24-30H,7-18,21H2,1-6H3/t24-,25-,26?,27-,28-,29?,30+,33-,34-,35+/m0/s1. The van der Waals surface area contributed by atoms with Gasteiger partial charge in [0.05, 0.1) is 12.2 Å². The van der Waals surface area contributed by atoms with Gasteiger partial charge in [-0.15, -0.1) is 0 Å². The van der Waals surface area contributed by atoms with Crippen LogP contribution < -0.4 is 0 Å². The van der Waals surface area contributed by atoms with E-state index in [1.807, 2.05) is 0 Å². The van der Waals surface area contributed by atoms with Gasteiger partial charge in [-0.1, -0.05) is 47.6 Å². The molecule has 0 aromatic carbocycles. The van der Waals surface area contributed by atoms with E-state index >= 15 is 0 Å². The zero-order valence-electron chi connectivity index (χ0n) is 25.6. The van der Waals surface area contributed by atoms with Gasteiger partial charge in [0.1, 0.15) is 0 Å². The molecule has 6 aliphatic rings. The maximum Gasteiger partial charge on any atom is 0.171 e. The van der Waals surface area contributed by atoms with Crippen LogP contribution in [0.3, 0.4) is 0 Å². The molecule has 6 rings (SSSR count). The smallest absolute Gasteiger partial charge is 0.171 e. The minimum Gasteiger partial charge on any atom is -0.353 e. The summed E-state index contributed by atoms with van der Waals surface area (Å²) in [6.45, 7) is 15.9. The van der Waals surface area contributed by atoms with Crippen LogP contribution in [-0.2, 0) is 19.1 Å². The van der Waals surface area contributed by atoms with E-state index in [-0.39, 0.29) is 22.9 Å². The fourth-order valence-corrected chi connectivity index (χ4v) is 12.2. The lowest BCUT2D eigenvalue weighted by atomic mass is 9.36. The van der Waals surface area contributed by atoms with Gasteiger partial charge in [-0.3, -0.25) is 9.59 Å². The Morgan fingerprint density at radius 2 is 1.74 bits per heavy atom. The zero-order chi connectivity index (χ0) is 27.8. The number of allylic oxidation sites excluding steroid dienone is 2. The summed E-state index contributed by atoms with van der Waals surface area (Å²) < 4.78 is 12.6. The monoisotopic (exact) mass is 538 g/mol. The Morgan fingerprint density at radius 1 is 0.974 bits per heavy atom. The van der Waals surface area contributed by atoms with Crippen molar-refractivity contribution in [3.63, 3.8) is 0 Å². The summed E-state index contributed by atoms with van der Waals surface area (Å²) in [5.41, 5.74) is 0.454. The average molecular weight is 539 g/mol. The largest absolute Gasteiger partial charge is 0.353 e. The molecule has 2 unspecified atom stereocenters. The molecule has 5 aliphatic carbocycles. The number of ketones is 1. The second-order valence-electron chi connectivity index (χ2n) is 16.1. The predicted molar refractivity (Wildman–Crippen MR) is 154 cm³/mol. The number of fused-ring (bicyclic) bond motifs is 7. The summed E-state index contributed by atoms with van der Waals surface area (Å²) >= 11 is 0. The maximum absolute atomic E-state index is 13.3. The lowest BCUT2D eigenvalue weighted by Gasteiger charge is -2.67. The molecule has 4 saturated carbocycles. The van der Waals surface area contributed by atoms with Crippen molar-refractivity contribution in [3.8, 4) is 0 Å². The molecule has 1 saturated heterocycles. The van der Waals surface area contributed by atoms with Gasteiger partial charge in [0.25, 0.3) is 0 Å². The number of Topliss-reactive ketones (excluding diaryl/α,β-unsaturated/α-hetero) is 1. The van der Waals surface area contributed by atoms with Crippen molar-refractivity contribution in [2.75, 3.05) is 13.2 Å². The van der Waals surface area contributed by atoms with Crippen LogP contribution in [0.5, 0.6) is 0 Å². The third kappa shape index (κ3) is 4.11. The molecule has 4 heteroatoms. The van der Waals surface area contributed by atoms with Crippen molar-refractivity contribution in [3.05, 3.63) is 11.6 Å². The third-order valence-electron chi connectivity index (χ3n) is 13.8. The van der Waals surface area contributed by atoms with E-state index in [2.05, 4.69) is 47.6 Å². The molecule has 39 heavy (non-hydrogen) atoms. The Hall–Kier alpha value is -1.00. The Balaban J connectivity index is 1.31. The highest BCUT2D eigenvalue weighted by molar-refractivity contribution is 6.15. The molecule has 4 nitrogen and oxygen atoms in total. The molecule has 0 N–H and O–H groups in total. The van der Waals surface area contributed by atoms with Crippen LogP contribution in [0.2, 0.25) is 0 Å². The summed E-state index contributed by atoms with van der Waals surface area (Å²) in [7, 11) is 0. The van der Waals surface area contributed by atoms with Crippen LogP contribution in [0.4, 0.5) is 0 Å². The van der Waals surface area contributed by atoms with E-state index < -0.39 is 5.41 Å². The number of carbonyl (C=O) groups is 2. The fraction of sp³-hybridized carbons (Fsp3) is 0.886. The Bertz CT molecular complexity index is 1010. The molecule has 10 atom stereocenters. The lowest BCUT2D eigenvalue weighted by molar-refractivity contribution is -0.210. The van der Waals surface area contributed by atoms with Crippen molar-refractivity contribution in [1.82, 2.24) is 0 Å². The lowest BCUT2D eigenvalue weighted by Crippen LogP contribution is -2.62. The number of aldehydes is 1. The molecule has 0 aromatic rings. The normalized spacial score (nSPS) is 48.9. The zero-order valence-corrected chi connectivity index (χ0v) is 25.6. The van der Waals surface area contributed by atoms with Crippen molar-refractivity contribution in [2.24, 2.45) is 63.1 Å². The quantitative estimate of drug-likeness (QED) is 0.265. The Labute approximate surface area is 237 Å². The maximum atomic E-state index is 13.3. The van der Waals surface area contributed by atoms with Gasteiger partial charge >= 0.3 is 0 Å². The highest BCUT2D eigenvalue weighted by atomic mass is 16.7. The fourth-order valence-electron chi connectivity index (χ4n) is 12.2. The molecular formula is C35H54O4. The molecule has 1 heterocycles. The van der Waals surface area contributed by atoms with Crippen LogP contribution in [0.25, 0.3) is 0 Å². The van der Waals surface area contributed by atoms with E-state index in [1.54, 1.807) is 0 Å². The van der Waals surface area contributed by atoms with Gasteiger partial charge in [0, 0.05) is 12.0 Å². The second kappa shape index (κ2) is 9.79. The Morgan fingerprint density at radius 3 is 2.44 bits per heavy atom. The van der Waals surface area contributed by atoms with Crippen LogP contribution in [0, 0.1) is 63.1 Å². The minimum atomic E-state index is -0.466. The first kappa shape index (κ1) is 28.1. The highest BCUT2D eigenvalue weighted by Gasteiger charge is 2.67. The first-order valence-corrected chi connectivity index (χ1v) is 16.4. The topological polar surface area (TPSA) is 52.6 Å². The number of hydrogen-bond donors (Lipinski definition) is 0. The van der Waals surface area contributed by atoms with E-state index in [0.717, 1.165) is 56.0 Å². The minimum absolute atomic E-state index is 0.00393.